The highest BCUT2D eigenvalue weighted by molar-refractivity contribution is 5.57. The van der Waals surface area contributed by atoms with Crippen LogP contribution in [0.1, 0.15) is 6.92 Å². The number of anilines is 2. The summed E-state index contributed by atoms with van der Waals surface area (Å²) in [6.45, 7) is 2.31. The van der Waals surface area contributed by atoms with E-state index in [2.05, 4.69) is 5.32 Å². The third-order valence-corrected chi connectivity index (χ3v) is 2.85. The van der Waals surface area contributed by atoms with Crippen molar-refractivity contribution in [3.8, 4) is 0 Å². The average Bonchev–Trinajstić information content (AvgIpc) is 2.36. The van der Waals surface area contributed by atoms with Crippen molar-refractivity contribution in [2.75, 3.05) is 44.1 Å². The zero-order valence-corrected chi connectivity index (χ0v) is 10.8. The van der Waals surface area contributed by atoms with E-state index in [0.717, 1.165) is 11.4 Å². The number of aliphatic hydroxyl groups excluding tert-OH is 2. The largest absolute Gasteiger partial charge is 0.396 e. The molecule has 1 aromatic carbocycles. The van der Waals surface area contributed by atoms with Crippen molar-refractivity contribution in [1.82, 2.24) is 0 Å². The summed E-state index contributed by atoms with van der Waals surface area (Å²) in [6.07, 6.45) is 0. The van der Waals surface area contributed by atoms with Crippen LogP contribution in [0.25, 0.3) is 0 Å². The van der Waals surface area contributed by atoms with E-state index in [4.69, 9.17) is 0 Å². The Morgan fingerprint density at radius 3 is 2.41 bits per heavy atom. The van der Waals surface area contributed by atoms with Gasteiger partial charge in [-0.05, 0) is 18.2 Å². The van der Waals surface area contributed by atoms with Gasteiger partial charge in [0.15, 0.2) is 0 Å². The predicted octanol–water partition coefficient (Wildman–Crippen LogP) is 1.16. The highest BCUT2D eigenvalue weighted by Crippen LogP contribution is 2.20. The first-order valence-electron chi connectivity index (χ1n) is 5.74. The van der Waals surface area contributed by atoms with E-state index in [0.29, 0.717) is 6.54 Å². The standard InChI is InChI=1S/C13H22N2O2/c1-13(9-16,10-17)8-14-11-5-4-6-12(7-11)15(2)3/h4-7,14,16-17H,8-10H2,1-3H3. The topological polar surface area (TPSA) is 55.7 Å². The summed E-state index contributed by atoms with van der Waals surface area (Å²) in [5.41, 5.74) is 1.61. The quantitative estimate of drug-likeness (QED) is 0.696. The molecular weight excluding hydrogens is 216 g/mol. The van der Waals surface area contributed by atoms with Crippen molar-refractivity contribution in [3.05, 3.63) is 24.3 Å². The minimum absolute atomic E-state index is 0.0378. The van der Waals surface area contributed by atoms with Gasteiger partial charge in [-0.3, -0.25) is 0 Å². The molecule has 0 aliphatic carbocycles. The van der Waals surface area contributed by atoms with Crippen LogP contribution in [0, 0.1) is 5.41 Å². The molecule has 0 aliphatic heterocycles. The van der Waals surface area contributed by atoms with Crippen LogP contribution in [0.3, 0.4) is 0 Å². The van der Waals surface area contributed by atoms with Gasteiger partial charge in [0.2, 0.25) is 0 Å². The Morgan fingerprint density at radius 1 is 1.24 bits per heavy atom. The van der Waals surface area contributed by atoms with Crippen molar-refractivity contribution < 1.29 is 10.2 Å². The van der Waals surface area contributed by atoms with E-state index in [1.165, 1.54) is 0 Å². The molecule has 96 valence electrons. The summed E-state index contributed by atoms with van der Waals surface area (Å²) in [7, 11) is 3.98. The summed E-state index contributed by atoms with van der Waals surface area (Å²) in [5.74, 6) is 0. The fraction of sp³-hybridized carbons (Fsp3) is 0.538. The summed E-state index contributed by atoms with van der Waals surface area (Å²) in [4.78, 5) is 2.03. The number of aliphatic hydroxyl groups is 2. The minimum Gasteiger partial charge on any atom is -0.396 e. The highest BCUT2D eigenvalue weighted by atomic mass is 16.3. The first-order valence-corrected chi connectivity index (χ1v) is 5.74. The fourth-order valence-electron chi connectivity index (χ4n) is 1.37. The first-order chi connectivity index (χ1) is 8.00. The molecule has 0 unspecified atom stereocenters. The van der Waals surface area contributed by atoms with Crippen LogP contribution in [0.5, 0.6) is 0 Å². The molecule has 4 nitrogen and oxygen atoms in total. The lowest BCUT2D eigenvalue weighted by Crippen LogP contribution is -2.34. The maximum atomic E-state index is 9.20. The lowest BCUT2D eigenvalue weighted by atomic mass is 9.93. The zero-order valence-electron chi connectivity index (χ0n) is 10.8. The van der Waals surface area contributed by atoms with Crippen molar-refractivity contribution in [3.63, 3.8) is 0 Å². The number of benzene rings is 1. The molecule has 0 saturated carbocycles. The van der Waals surface area contributed by atoms with Gasteiger partial charge in [-0.1, -0.05) is 13.0 Å². The Balaban J connectivity index is 2.66. The van der Waals surface area contributed by atoms with E-state index < -0.39 is 5.41 Å². The van der Waals surface area contributed by atoms with E-state index in [1.54, 1.807) is 0 Å². The molecule has 1 rings (SSSR count). The SMILES string of the molecule is CN(C)c1cccc(NCC(C)(CO)CO)c1. The second-order valence-electron chi connectivity index (χ2n) is 4.93. The van der Waals surface area contributed by atoms with Crippen LogP contribution >= 0.6 is 0 Å². The van der Waals surface area contributed by atoms with Crippen molar-refractivity contribution in [1.29, 1.82) is 0 Å². The molecule has 0 atom stereocenters. The van der Waals surface area contributed by atoms with Crippen LogP contribution < -0.4 is 10.2 Å². The lowest BCUT2D eigenvalue weighted by molar-refractivity contribution is 0.0806. The Morgan fingerprint density at radius 2 is 1.88 bits per heavy atom. The minimum atomic E-state index is -0.492. The van der Waals surface area contributed by atoms with Gasteiger partial charge in [0.25, 0.3) is 0 Å². The first kappa shape index (κ1) is 13.8. The molecule has 0 aromatic heterocycles. The van der Waals surface area contributed by atoms with Gasteiger partial charge in [0.05, 0.1) is 13.2 Å². The Kier molecular flexibility index (Phi) is 4.78. The molecule has 0 fully saturated rings. The molecule has 4 heteroatoms. The van der Waals surface area contributed by atoms with E-state index in [9.17, 15) is 10.2 Å². The van der Waals surface area contributed by atoms with Crippen molar-refractivity contribution in [2.45, 2.75) is 6.92 Å². The monoisotopic (exact) mass is 238 g/mol. The van der Waals surface area contributed by atoms with Gasteiger partial charge in [0.1, 0.15) is 0 Å². The van der Waals surface area contributed by atoms with Crippen molar-refractivity contribution in [2.24, 2.45) is 5.41 Å². The van der Waals surface area contributed by atoms with Crippen LogP contribution in [0.4, 0.5) is 11.4 Å². The summed E-state index contributed by atoms with van der Waals surface area (Å²) in [6, 6.07) is 8.02. The summed E-state index contributed by atoms with van der Waals surface area (Å²) in [5, 5.41) is 21.6. The van der Waals surface area contributed by atoms with Crippen molar-refractivity contribution >= 4 is 11.4 Å². The van der Waals surface area contributed by atoms with Crippen LogP contribution in [-0.2, 0) is 0 Å². The van der Waals surface area contributed by atoms with Gasteiger partial charge in [-0.15, -0.1) is 0 Å². The molecule has 0 spiro atoms. The zero-order chi connectivity index (χ0) is 12.9. The van der Waals surface area contributed by atoms with Gasteiger partial charge in [-0.2, -0.15) is 0 Å². The Hall–Kier alpha value is -1.26. The Bertz CT molecular complexity index is 349. The third kappa shape index (κ3) is 3.91. The smallest absolute Gasteiger partial charge is 0.0523 e. The molecule has 1 aromatic rings. The molecule has 3 N–H and O–H groups in total. The highest BCUT2D eigenvalue weighted by Gasteiger charge is 2.21. The van der Waals surface area contributed by atoms with Crippen LogP contribution in [-0.4, -0.2) is 44.1 Å². The molecular formula is C13H22N2O2. The maximum absolute atomic E-state index is 9.20. The maximum Gasteiger partial charge on any atom is 0.0523 e. The van der Waals surface area contributed by atoms with Gasteiger partial charge in [0, 0.05) is 37.4 Å². The molecule has 0 amide bonds. The van der Waals surface area contributed by atoms with Gasteiger partial charge < -0.3 is 20.4 Å². The molecule has 0 radical (unpaired) electrons. The van der Waals surface area contributed by atoms with E-state index in [1.807, 2.05) is 50.2 Å². The van der Waals surface area contributed by atoms with Gasteiger partial charge >= 0.3 is 0 Å². The van der Waals surface area contributed by atoms with E-state index >= 15 is 0 Å². The fourth-order valence-corrected chi connectivity index (χ4v) is 1.37. The Labute approximate surface area is 103 Å². The second kappa shape index (κ2) is 5.89. The number of nitrogens with one attached hydrogen (secondary N) is 1. The number of hydrogen-bond acceptors (Lipinski definition) is 4. The van der Waals surface area contributed by atoms with Crippen LogP contribution in [0.15, 0.2) is 24.3 Å². The molecule has 17 heavy (non-hydrogen) atoms. The number of nitrogens with zero attached hydrogens (tertiary/aromatic N) is 1. The predicted molar refractivity (Wildman–Crippen MR) is 71.5 cm³/mol. The molecule has 0 heterocycles. The third-order valence-electron chi connectivity index (χ3n) is 2.85. The molecule has 0 bridgehead atoms. The van der Waals surface area contributed by atoms with E-state index in [-0.39, 0.29) is 13.2 Å². The normalized spacial score (nSPS) is 11.4. The summed E-state index contributed by atoms with van der Waals surface area (Å²) >= 11 is 0. The number of hydrogen-bond donors (Lipinski definition) is 3. The second-order valence-corrected chi connectivity index (χ2v) is 4.93. The average molecular weight is 238 g/mol. The molecule has 0 aliphatic rings. The summed E-state index contributed by atoms with van der Waals surface area (Å²) < 4.78 is 0. The van der Waals surface area contributed by atoms with Gasteiger partial charge in [-0.25, -0.2) is 0 Å². The van der Waals surface area contributed by atoms with Crippen LogP contribution in [0.2, 0.25) is 0 Å². The molecule has 0 saturated heterocycles. The lowest BCUT2D eigenvalue weighted by Gasteiger charge is -2.25. The number of rotatable bonds is 6.